The predicted molar refractivity (Wildman–Crippen MR) is 216 cm³/mol. The second-order valence-electron chi connectivity index (χ2n) is 16.1. The first kappa shape index (κ1) is 38.2. The maximum absolute atomic E-state index is 4.65. The number of benzene rings is 2. The summed E-state index contributed by atoms with van der Waals surface area (Å²) in [6.45, 7) is 26.2. The molecule has 7 rings (SSSR count). The van der Waals surface area contributed by atoms with Crippen LogP contribution in [0, 0.1) is 0 Å². The second kappa shape index (κ2) is 15.5. The first-order chi connectivity index (χ1) is 22.8. The fourth-order valence-electron chi connectivity index (χ4n) is 4.36. The highest BCUT2D eigenvalue weighted by Crippen LogP contribution is 2.31. The Hall–Kier alpha value is -3.59. The van der Waals surface area contributed by atoms with Crippen molar-refractivity contribution >= 4 is 65.3 Å². The lowest BCUT2D eigenvalue weighted by Gasteiger charge is -2.17. The molecular formula is C41H51N5S3. The molecule has 0 unspecified atom stereocenters. The minimum atomic E-state index is 0.129. The lowest BCUT2D eigenvalue weighted by atomic mass is 9.91. The Kier molecular flexibility index (Phi) is 12.1. The number of fused-ring (bicyclic) bond motifs is 3. The van der Waals surface area contributed by atoms with Crippen LogP contribution in [0.3, 0.4) is 0 Å². The van der Waals surface area contributed by atoms with Gasteiger partial charge in [0.1, 0.15) is 0 Å². The molecule has 0 atom stereocenters. The summed E-state index contributed by atoms with van der Waals surface area (Å²) in [5.41, 5.74) is 8.09. The smallest absolute Gasteiger partial charge is 0.0998 e. The van der Waals surface area contributed by atoms with E-state index in [2.05, 4.69) is 156 Å². The van der Waals surface area contributed by atoms with E-state index in [-0.39, 0.29) is 21.7 Å². The molecule has 0 fully saturated rings. The average Bonchev–Trinajstić information content (AvgIpc) is 3.80. The number of hydrogen-bond donors (Lipinski definition) is 0. The standard InChI is InChI=1S/C13H15N.C11H13NS.C10H12N2S.C7H11NS/c1-13(2,3)12-9-8-10-6-4-5-7-11(10)14-12;1-11(2,3)10-12-8-6-4-5-7-9(8)13-10;1-10(2,3)9-12-7-6-11-5-4-8(7)13-9;1-7(2,3)6-4-9-5-8-6/h4-9H,1-3H3;4-7H,1-3H3;4-6H,1-3H3;4-5H,1-3H3. The number of rotatable bonds is 0. The summed E-state index contributed by atoms with van der Waals surface area (Å²) in [5, 5.41) is 5.70. The summed E-state index contributed by atoms with van der Waals surface area (Å²) < 4.78 is 2.51. The number of pyridine rings is 2. The van der Waals surface area contributed by atoms with Crippen molar-refractivity contribution in [3.63, 3.8) is 0 Å². The average molecular weight is 710 g/mol. The van der Waals surface area contributed by atoms with E-state index in [4.69, 9.17) is 0 Å². The van der Waals surface area contributed by atoms with Crippen molar-refractivity contribution in [3.8, 4) is 0 Å². The third-order valence-electron chi connectivity index (χ3n) is 7.33. The number of para-hydroxylation sites is 2. The van der Waals surface area contributed by atoms with Crippen molar-refractivity contribution in [2.45, 2.75) is 105 Å². The van der Waals surface area contributed by atoms with Crippen LogP contribution in [-0.4, -0.2) is 24.9 Å². The molecule has 0 bridgehead atoms. The number of thiazole rings is 3. The topological polar surface area (TPSA) is 64.5 Å². The van der Waals surface area contributed by atoms with Gasteiger partial charge in [-0.2, -0.15) is 0 Å². The Morgan fingerprint density at radius 3 is 1.55 bits per heavy atom. The highest BCUT2D eigenvalue weighted by Gasteiger charge is 2.19. The zero-order valence-electron chi connectivity index (χ0n) is 31.1. The number of nitrogens with zero attached hydrogens (tertiary/aromatic N) is 5. The van der Waals surface area contributed by atoms with Crippen LogP contribution in [0.2, 0.25) is 0 Å². The maximum atomic E-state index is 4.65. The molecule has 0 spiro atoms. The molecule has 0 amide bonds. The van der Waals surface area contributed by atoms with Crippen molar-refractivity contribution in [1.29, 1.82) is 0 Å². The van der Waals surface area contributed by atoms with Crippen LogP contribution in [0.5, 0.6) is 0 Å². The summed E-state index contributed by atoms with van der Waals surface area (Å²) in [5.74, 6) is 0. The third-order valence-corrected chi connectivity index (χ3v) is 10.8. The Morgan fingerprint density at radius 1 is 0.490 bits per heavy atom. The molecule has 5 aromatic heterocycles. The monoisotopic (exact) mass is 709 g/mol. The van der Waals surface area contributed by atoms with Crippen LogP contribution in [0.25, 0.3) is 31.3 Å². The predicted octanol–water partition coefficient (Wildman–Crippen LogP) is 12.6. The van der Waals surface area contributed by atoms with Gasteiger partial charge in [-0.3, -0.25) is 9.97 Å². The minimum Gasteiger partial charge on any atom is -0.262 e. The normalized spacial score (nSPS) is 12.1. The zero-order chi connectivity index (χ0) is 36.0. The summed E-state index contributed by atoms with van der Waals surface area (Å²) in [7, 11) is 0. The van der Waals surface area contributed by atoms with E-state index < -0.39 is 0 Å². The maximum Gasteiger partial charge on any atom is 0.0998 e. The van der Waals surface area contributed by atoms with E-state index >= 15 is 0 Å². The SMILES string of the molecule is CC(C)(C)c1ccc2ccccc2n1.CC(C)(C)c1cscn1.CC(C)(C)c1nc2ccccc2s1.CC(C)(C)c1nc2cnccc2s1. The largest absolute Gasteiger partial charge is 0.262 e. The van der Waals surface area contributed by atoms with Crippen LogP contribution < -0.4 is 0 Å². The third kappa shape index (κ3) is 10.9. The van der Waals surface area contributed by atoms with Crippen molar-refractivity contribution in [1.82, 2.24) is 24.9 Å². The molecule has 0 saturated heterocycles. The quantitative estimate of drug-likeness (QED) is 0.157. The molecule has 0 aliphatic heterocycles. The van der Waals surface area contributed by atoms with Gasteiger partial charge in [0.05, 0.1) is 53.4 Å². The van der Waals surface area contributed by atoms with E-state index in [1.54, 1.807) is 34.0 Å². The lowest BCUT2D eigenvalue weighted by molar-refractivity contribution is 0.571. The highest BCUT2D eigenvalue weighted by molar-refractivity contribution is 7.19. The van der Waals surface area contributed by atoms with Crippen LogP contribution in [0.1, 0.15) is 104 Å². The first-order valence-electron chi connectivity index (χ1n) is 16.6. The Morgan fingerprint density at radius 2 is 1.04 bits per heavy atom. The minimum absolute atomic E-state index is 0.129. The Bertz CT molecular complexity index is 1910. The molecule has 2 aromatic carbocycles. The van der Waals surface area contributed by atoms with Crippen molar-refractivity contribution in [2.75, 3.05) is 0 Å². The van der Waals surface area contributed by atoms with Gasteiger partial charge in [-0.05, 0) is 30.3 Å². The van der Waals surface area contributed by atoms with Crippen LogP contribution >= 0.6 is 34.0 Å². The molecule has 0 aliphatic rings. The van der Waals surface area contributed by atoms with Crippen molar-refractivity contribution in [3.05, 3.63) is 111 Å². The molecule has 0 radical (unpaired) electrons. The molecule has 5 nitrogen and oxygen atoms in total. The van der Waals surface area contributed by atoms with Gasteiger partial charge in [-0.25, -0.2) is 15.0 Å². The Balaban J connectivity index is 0.000000149. The molecule has 7 aromatic rings. The molecule has 0 N–H and O–H groups in total. The van der Waals surface area contributed by atoms with Crippen LogP contribution in [0.4, 0.5) is 0 Å². The lowest BCUT2D eigenvalue weighted by Crippen LogP contribution is -2.13. The molecule has 258 valence electrons. The summed E-state index contributed by atoms with van der Waals surface area (Å²) in [4.78, 5) is 22.0. The zero-order valence-corrected chi connectivity index (χ0v) is 33.6. The van der Waals surface area contributed by atoms with Gasteiger partial charge in [0.25, 0.3) is 0 Å². The highest BCUT2D eigenvalue weighted by atomic mass is 32.1. The van der Waals surface area contributed by atoms with E-state index in [9.17, 15) is 0 Å². The van der Waals surface area contributed by atoms with Crippen LogP contribution in [-0.2, 0) is 21.7 Å². The molecular weight excluding hydrogens is 659 g/mol. The van der Waals surface area contributed by atoms with Gasteiger partial charge in [0.2, 0.25) is 0 Å². The fourth-order valence-corrected chi connectivity index (χ4v) is 7.15. The van der Waals surface area contributed by atoms with Gasteiger partial charge in [0, 0.05) is 44.3 Å². The molecule has 5 heterocycles. The number of aromatic nitrogens is 5. The van der Waals surface area contributed by atoms with E-state index in [0.717, 1.165) is 22.2 Å². The summed E-state index contributed by atoms with van der Waals surface area (Å²) >= 11 is 5.20. The van der Waals surface area contributed by atoms with Gasteiger partial charge >= 0.3 is 0 Å². The van der Waals surface area contributed by atoms with E-state index in [1.807, 2.05) is 42.2 Å². The molecule has 0 aliphatic carbocycles. The van der Waals surface area contributed by atoms with E-state index in [0.29, 0.717) is 0 Å². The first-order valence-corrected chi connectivity index (χ1v) is 19.2. The Labute approximate surface area is 305 Å². The second-order valence-corrected chi connectivity index (χ2v) is 18.9. The molecule has 0 saturated carbocycles. The van der Waals surface area contributed by atoms with Crippen molar-refractivity contribution in [2.24, 2.45) is 0 Å². The van der Waals surface area contributed by atoms with Gasteiger partial charge in [0.15, 0.2) is 0 Å². The molecule has 8 heteroatoms. The summed E-state index contributed by atoms with van der Waals surface area (Å²) in [6.07, 6.45) is 3.63. The number of hydrogen-bond acceptors (Lipinski definition) is 8. The van der Waals surface area contributed by atoms with Crippen LogP contribution in [0.15, 0.2) is 90.0 Å². The summed E-state index contributed by atoms with van der Waals surface area (Å²) in [6, 6.07) is 22.8. The molecule has 49 heavy (non-hydrogen) atoms. The van der Waals surface area contributed by atoms with Crippen molar-refractivity contribution < 1.29 is 0 Å². The van der Waals surface area contributed by atoms with Gasteiger partial charge in [-0.15, -0.1) is 34.0 Å². The van der Waals surface area contributed by atoms with E-state index in [1.165, 1.54) is 30.5 Å². The fraction of sp³-hybridized carbons (Fsp3) is 0.390. The van der Waals surface area contributed by atoms with Gasteiger partial charge in [-0.1, -0.05) is 119 Å². The van der Waals surface area contributed by atoms with Gasteiger partial charge < -0.3 is 0 Å².